The molecule has 1 atom stereocenters. The summed E-state index contributed by atoms with van der Waals surface area (Å²) in [6.45, 7) is 2.89. The number of hydrogen-bond donors (Lipinski definition) is 1. The number of amides is 1. The highest BCUT2D eigenvalue weighted by molar-refractivity contribution is 5.89. The van der Waals surface area contributed by atoms with E-state index >= 15 is 0 Å². The number of likely N-dealkylation sites (N-methyl/N-ethyl adjacent to an activating group) is 1. The molecule has 3 aliphatic rings. The highest BCUT2D eigenvalue weighted by Crippen LogP contribution is 2.37. The molecular formula is C21H25N5O4. The van der Waals surface area contributed by atoms with E-state index in [0.717, 1.165) is 61.8 Å². The van der Waals surface area contributed by atoms with Crippen LogP contribution in [-0.2, 0) is 16.0 Å². The zero-order valence-corrected chi connectivity index (χ0v) is 17.1. The fraction of sp³-hybridized carbons (Fsp3) is 0.429. The first kappa shape index (κ1) is 19.9. The molecule has 2 aromatic rings. The van der Waals surface area contributed by atoms with Crippen LogP contribution in [0.5, 0.6) is 5.75 Å². The monoisotopic (exact) mass is 411 g/mol. The minimum absolute atomic E-state index is 0.376. The number of esters is 1. The molecule has 1 N–H and O–H groups in total. The Labute approximate surface area is 175 Å². The van der Waals surface area contributed by atoms with Gasteiger partial charge in [0.1, 0.15) is 11.6 Å². The van der Waals surface area contributed by atoms with Crippen LogP contribution in [-0.4, -0.2) is 62.2 Å². The van der Waals surface area contributed by atoms with Crippen molar-refractivity contribution in [2.75, 3.05) is 49.0 Å². The van der Waals surface area contributed by atoms with Crippen molar-refractivity contribution >= 4 is 29.7 Å². The largest absolute Gasteiger partial charge is 0.492 e. The Morgan fingerprint density at radius 2 is 2.27 bits per heavy atom. The molecule has 0 radical (unpaired) electrons. The minimum Gasteiger partial charge on any atom is -0.492 e. The fourth-order valence-corrected chi connectivity index (χ4v) is 4.01. The van der Waals surface area contributed by atoms with E-state index in [1.165, 1.54) is 7.11 Å². The van der Waals surface area contributed by atoms with Gasteiger partial charge in [-0.05, 0) is 43.0 Å². The van der Waals surface area contributed by atoms with E-state index in [4.69, 9.17) is 9.47 Å². The van der Waals surface area contributed by atoms with Crippen LogP contribution in [0.15, 0.2) is 24.4 Å². The van der Waals surface area contributed by atoms with Gasteiger partial charge >= 0.3 is 5.97 Å². The Kier molecular flexibility index (Phi) is 5.69. The number of fused-ring (bicyclic) bond motifs is 5. The molecule has 5 rings (SSSR count). The lowest BCUT2D eigenvalue weighted by Crippen LogP contribution is -2.40. The van der Waals surface area contributed by atoms with Gasteiger partial charge in [-0.1, -0.05) is 0 Å². The number of hydrogen-bond acceptors (Lipinski definition) is 8. The molecule has 158 valence electrons. The van der Waals surface area contributed by atoms with Gasteiger partial charge < -0.3 is 24.6 Å². The maximum absolute atomic E-state index is 11.5. The normalized spacial score (nSPS) is 18.3. The third-order valence-corrected chi connectivity index (χ3v) is 5.64. The number of aryl methyl sites for hydroxylation is 1. The van der Waals surface area contributed by atoms with E-state index in [9.17, 15) is 9.59 Å². The van der Waals surface area contributed by atoms with Gasteiger partial charge in [0.25, 0.3) is 0 Å². The van der Waals surface area contributed by atoms with Crippen LogP contribution in [0.4, 0.5) is 17.3 Å². The lowest BCUT2D eigenvalue weighted by molar-refractivity contribution is -0.105. The summed E-state index contributed by atoms with van der Waals surface area (Å²) in [5, 5.41) is 2.51. The molecule has 30 heavy (non-hydrogen) atoms. The van der Waals surface area contributed by atoms with Gasteiger partial charge in [0, 0.05) is 26.2 Å². The summed E-state index contributed by atoms with van der Waals surface area (Å²) in [4.78, 5) is 34.6. The Morgan fingerprint density at radius 3 is 3.07 bits per heavy atom. The van der Waals surface area contributed by atoms with Crippen LogP contribution >= 0.6 is 0 Å². The second-order valence-corrected chi connectivity index (χ2v) is 7.42. The smallest absolute Gasteiger partial charge is 0.356 e. The number of rotatable bonds is 3. The lowest BCUT2D eigenvalue weighted by Gasteiger charge is -2.34. The molecule has 0 spiro atoms. The van der Waals surface area contributed by atoms with Crippen LogP contribution in [0.2, 0.25) is 0 Å². The van der Waals surface area contributed by atoms with Crippen LogP contribution in [0.25, 0.3) is 0 Å². The number of anilines is 3. The van der Waals surface area contributed by atoms with Crippen LogP contribution in [0.3, 0.4) is 0 Å². The van der Waals surface area contributed by atoms with Gasteiger partial charge in [0.2, 0.25) is 6.41 Å². The van der Waals surface area contributed by atoms with Gasteiger partial charge in [0.15, 0.2) is 11.5 Å². The van der Waals surface area contributed by atoms with E-state index in [-0.39, 0.29) is 5.97 Å². The van der Waals surface area contributed by atoms with E-state index in [1.54, 1.807) is 12.3 Å². The first-order chi connectivity index (χ1) is 14.6. The van der Waals surface area contributed by atoms with Crippen molar-refractivity contribution in [2.45, 2.75) is 25.3 Å². The predicted octanol–water partition coefficient (Wildman–Crippen LogP) is 1.87. The standard InChI is InChI=1S/C12H15N3O2.C9H10N2O2/c1-14-8-5-6-15(7-8)10-4-3-9(12(16)17-2)13-11(10)14;12-6-11-9-4-7-2-1-3-13-8(7)5-10-9/h3-4,8H,5-7H2,1-2H3;4-6H,1-3H2,(H,10,11,12). The maximum Gasteiger partial charge on any atom is 0.356 e. The summed E-state index contributed by atoms with van der Waals surface area (Å²) in [5.41, 5.74) is 2.61. The minimum atomic E-state index is -0.380. The number of pyridine rings is 2. The van der Waals surface area contributed by atoms with Crippen molar-refractivity contribution in [1.82, 2.24) is 9.97 Å². The topological polar surface area (TPSA) is 96.9 Å². The first-order valence-electron chi connectivity index (χ1n) is 9.99. The molecule has 1 saturated heterocycles. The van der Waals surface area contributed by atoms with Crippen molar-refractivity contribution in [1.29, 1.82) is 0 Å². The molecule has 2 bridgehead atoms. The molecule has 1 unspecified atom stereocenters. The van der Waals surface area contributed by atoms with Crippen molar-refractivity contribution in [2.24, 2.45) is 0 Å². The summed E-state index contributed by atoms with van der Waals surface area (Å²) >= 11 is 0. The summed E-state index contributed by atoms with van der Waals surface area (Å²) in [5.74, 6) is 1.93. The van der Waals surface area contributed by atoms with Gasteiger partial charge in [-0.15, -0.1) is 0 Å². The van der Waals surface area contributed by atoms with Crippen LogP contribution in [0.1, 0.15) is 28.9 Å². The van der Waals surface area contributed by atoms with Crippen molar-refractivity contribution in [3.05, 3.63) is 35.7 Å². The second kappa shape index (κ2) is 8.56. The molecule has 0 aromatic carbocycles. The molecule has 1 amide bonds. The number of ether oxygens (including phenoxy) is 2. The van der Waals surface area contributed by atoms with E-state index < -0.39 is 0 Å². The number of carbonyl (C=O) groups is 2. The first-order valence-corrected chi connectivity index (χ1v) is 9.99. The molecule has 3 aliphatic heterocycles. The molecule has 0 saturated carbocycles. The predicted molar refractivity (Wildman–Crippen MR) is 112 cm³/mol. The number of carbonyl (C=O) groups excluding carboxylic acids is 2. The molecule has 2 aromatic heterocycles. The zero-order valence-electron chi connectivity index (χ0n) is 17.1. The van der Waals surface area contributed by atoms with E-state index in [2.05, 4.69) is 25.1 Å². The van der Waals surface area contributed by atoms with Gasteiger partial charge in [-0.3, -0.25) is 4.79 Å². The molecular weight excluding hydrogens is 386 g/mol. The maximum atomic E-state index is 11.5. The summed E-state index contributed by atoms with van der Waals surface area (Å²) in [6, 6.07) is 6.06. The Hall–Kier alpha value is -3.36. The third-order valence-electron chi connectivity index (χ3n) is 5.64. The average molecular weight is 411 g/mol. The molecule has 9 heteroatoms. The highest BCUT2D eigenvalue weighted by atomic mass is 16.5. The molecule has 1 fully saturated rings. The number of aromatic nitrogens is 2. The van der Waals surface area contributed by atoms with Gasteiger partial charge in [0.05, 0.1) is 25.6 Å². The van der Waals surface area contributed by atoms with Crippen molar-refractivity contribution in [3.8, 4) is 5.75 Å². The summed E-state index contributed by atoms with van der Waals surface area (Å²) < 4.78 is 10.1. The number of nitrogens with one attached hydrogen (secondary N) is 1. The molecule has 5 heterocycles. The Bertz CT molecular complexity index is 951. The Balaban J connectivity index is 0.000000151. The van der Waals surface area contributed by atoms with Gasteiger partial charge in [-0.25, -0.2) is 14.8 Å². The third kappa shape index (κ3) is 3.87. The SMILES string of the molecule is COC(=O)c1ccc2c(n1)N(C)C1CCN2C1.O=CNc1cc2c(cn1)OCCC2. The molecule has 0 aliphatic carbocycles. The summed E-state index contributed by atoms with van der Waals surface area (Å²) in [7, 11) is 3.42. The molecule has 9 nitrogen and oxygen atoms in total. The summed E-state index contributed by atoms with van der Waals surface area (Å²) in [6.07, 6.45) is 5.45. The van der Waals surface area contributed by atoms with E-state index in [1.807, 2.05) is 19.2 Å². The van der Waals surface area contributed by atoms with Gasteiger partial charge in [-0.2, -0.15) is 0 Å². The second-order valence-electron chi connectivity index (χ2n) is 7.42. The van der Waals surface area contributed by atoms with E-state index in [0.29, 0.717) is 24.0 Å². The number of methoxy groups -OCH3 is 1. The number of nitrogens with zero attached hydrogens (tertiary/aromatic N) is 4. The fourth-order valence-electron chi connectivity index (χ4n) is 4.01. The highest BCUT2D eigenvalue weighted by Gasteiger charge is 2.35. The van der Waals surface area contributed by atoms with Crippen LogP contribution in [0, 0.1) is 0 Å². The van der Waals surface area contributed by atoms with Crippen molar-refractivity contribution in [3.63, 3.8) is 0 Å². The van der Waals surface area contributed by atoms with Crippen LogP contribution < -0.4 is 19.9 Å². The Morgan fingerprint density at radius 1 is 1.40 bits per heavy atom. The lowest BCUT2D eigenvalue weighted by atomic mass is 10.1. The van der Waals surface area contributed by atoms with Crippen molar-refractivity contribution < 1.29 is 19.1 Å². The average Bonchev–Trinajstić information content (AvgIpc) is 3.23. The zero-order chi connectivity index (χ0) is 21.1. The quantitative estimate of drug-likeness (QED) is 0.604.